The molecule has 2 atom stereocenters. The van der Waals surface area contributed by atoms with Crippen molar-refractivity contribution in [1.29, 1.82) is 0 Å². The Hall–Kier alpha value is -3.35. The van der Waals surface area contributed by atoms with Gasteiger partial charge in [-0.3, -0.25) is 9.59 Å². The second-order valence-electron chi connectivity index (χ2n) is 9.91. The van der Waals surface area contributed by atoms with Crippen molar-refractivity contribution in [2.75, 3.05) is 13.2 Å². The molecule has 2 unspecified atom stereocenters. The van der Waals surface area contributed by atoms with Crippen molar-refractivity contribution >= 4 is 18.0 Å². The fraction of sp³-hybridized carbons (Fsp3) is 0.464. The van der Waals surface area contributed by atoms with Gasteiger partial charge in [0.1, 0.15) is 12.6 Å². The van der Waals surface area contributed by atoms with Gasteiger partial charge in [0, 0.05) is 24.9 Å². The number of carboxylic acid groups (broad SMARTS) is 1. The summed E-state index contributed by atoms with van der Waals surface area (Å²) in [6.07, 6.45) is 1.87. The lowest BCUT2D eigenvalue weighted by molar-refractivity contribution is -0.138. The molecule has 7 heteroatoms. The second kappa shape index (κ2) is 10.9. The maximum Gasteiger partial charge on any atom is 0.407 e. The van der Waals surface area contributed by atoms with Crippen LogP contribution in [0.1, 0.15) is 63.0 Å². The summed E-state index contributed by atoms with van der Waals surface area (Å²) in [6, 6.07) is 15.4. The lowest BCUT2D eigenvalue weighted by atomic mass is 9.98. The van der Waals surface area contributed by atoms with Gasteiger partial charge in [-0.05, 0) is 53.9 Å². The molecule has 2 aromatic carbocycles. The fourth-order valence-electron chi connectivity index (χ4n) is 5.42. The number of rotatable bonds is 9. The van der Waals surface area contributed by atoms with E-state index in [0.717, 1.165) is 41.5 Å². The molecule has 1 saturated heterocycles. The van der Waals surface area contributed by atoms with Gasteiger partial charge in [-0.2, -0.15) is 0 Å². The van der Waals surface area contributed by atoms with Gasteiger partial charge in [0.2, 0.25) is 5.91 Å². The van der Waals surface area contributed by atoms with Crippen LogP contribution in [-0.2, 0) is 14.3 Å². The number of carbonyl (C=O) groups excluding carboxylic acids is 2. The minimum Gasteiger partial charge on any atom is -0.481 e. The molecule has 7 nitrogen and oxygen atoms in total. The first-order valence-electron chi connectivity index (χ1n) is 12.5. The van der Waals surface area contributed by atoms with Crippen molar-refractivity contribution in [2.24, 2.45) is 5.92 Å². The Morgan fingerprint density at radius 1 is 1.06 bits per heavy atom. The molecule has 0 bridgehead atoms. The maximum atomic E-state index is 13.3. The van der Waals surface area contributed by atoms with Crippen molar-refractivity contribution in [1.82, 2.24) is 10.2 Å². The van der Waals surface area contributed by atoms with Crippen LogP contribution in [0.25, 0.3) is 11.1 Å². The van der Waals surface area contributed by atoms with E-state index in [-0.39, 0.29) is 37.3 Å². The average Bonchev–Trinajstić information content (AvgIpc) is 3.42. The molecule has 1 aliphatic carbocycles. The summed E-state index contributed by atoms with van der Waals surface area (Å²) >= 11 is 0. The average molecular weight is 479 g/mol. The SMILES string of the molecule is CC(C)CC1CCCN1C(=O)C(CCC(=O)O)NC(=O)OCC1c2ccccc2-c2ccccc21. The van der Waals surface area contributed by atoms with Crippen LogP contribution in [0.15, 0.2) is 48.5 Å². The lowest BCUT2D eigenvalue weighted by Gasteiger charge is -2.30. The van der Waals surface area contributed by atoms with E-state index in [1.54, 1.807) is 0 Å². The molecule has 1 aliphatic heterocycles. The largest absolute Gasteiger partial charge is 0.481 e. The summed E-state index contributed by atoms with van der Waals surface area (Å²) in [5.74, 6) is -0.864. The van der Waals surface area contributed by atoms with E-state index in [1.165, 1.54) is 0 Å². The number of aliphatic carboxylic acids is 1. The van der Waals surface area contributed by atoms with Gasteiger partial charge in [0.25, 0.3) is 0 Å². The van der Waals surface area contributed by atoms with Gasteiger partial charge in [-0.15, -0.1) is 0 Å². The molecule has 35 heavy (non-hydrogen) atoms. The first-order chi connectivity index (χ1) is 16.8. The standard InChI is InChI=1S/C28H34N2O5/c1-18(2)16-19-8-7-15-30(19)27(33)25(13-14-26(31)32)29-28(34)35-17-24-22-11-5-3-9-20(22)21-10-4-6-12-23(21)24/h3-6,9-12,18-19,24-25H,7-8,13-17H2,1-2H3,(H,29,34)(H,31,32). The molecule has 2 aliphatic rings. The quantitative estimate of drug-likeness (QED) is 0.540. The highest BCUT2D eigenvalue weighted by Crippen LogP contribution is 2.44. The van der Waals surface area contributed by atoms with Crippen molar-refractivity contribution in [3.05, 3.63) is 59.7 Å². The Labute approximate surface area is 206 Å². The van der Waals surface area contributed by atoms with E-state index >= 15 is 0 Å². The van der Waals surface area contributed by atoms with Crippen LogP contribution >= 0.6 is 0 Å². The van der Waals surface area contributed by atoms with Crippen LogP contribution in [-0.4, -0.2) is 53.2 Å². The van der Waals surface area contributed by atoms with Crippen molar-refractivity contribution in [3.63, 3.8) is 0 Å². The first-order valence-corrected chi connectivity index (χ1v) is 12.5. The third-order valence-corrected chi connectivity index (χ3v) is 6.98. The van der Waals surface area contributed by atoms with E-state index in [0.29, 0.717) is 12.5 Å². The highest BCUT2D eigenvalue weighted by Gasteiger charge is 2.35. The lowest BCUT2D eigenvalue weighted by Crippen LogP contribution is -2.50. The third-order valence-electron chi connectivity index (χ3n) is 6.98. The summed E-state index contributed by atoms with van der Waals surface area (Å²) in [5.41, 5.74) is 4.48. The van der Waals surface area contributed by atoms with Crippen molar-refractivity contribution in [3.8, 4) is 11.1 Å². The van der Waals surface area contributed by atoms with Gasteiger partial charge in [0.05, 0.1) is 0 Å². The molecule has 0 saturated carbocycles. The molecule has 0 radical (unpaired) electrons. The zero-order valence-corrected chi connectivity index (χ0v) is 20.4. The summed E-state index contributed by atoms with van der Waals surface area (Å²) < 4.78 is 5.61. The van der Waals surface area contributed by atoms with Gasteiger partial charge < -0.3 is 20.1 Å². The molecule has 0 aromatic heterocycles. The predicted octanol–water partition coefficient (Wildman–Crippen LogP) is 4.80. The van der Waals surface area contributed by atoms with Crippen LogP contribution in [0.3, 0.4) is 0 Å². The van der Waals surface area contributed by atoms with Crippen molar-refractivity contribution < 1.29 is 24.2 Å². The van der Waals surface area contributed by atoms with Gasteiger partial charge in [-0.1, -0.05) is 62.4 Å². The molecule has 1 fully saturated rings. The third kappa shape index (κ3) is 5.66. The fourth-order valence-corrected chi connectivity index (χ4v) is 5.42. The van der Waals surface area contributed by atoms with Crippen LogP contribution in [0.2, 0.25) is 0 Å². The smallest absolute Gasteiger partial charge is 0.407 e. The molecule has 2 aromatic rings. The Bertz CT molecular complexity index is 1040. The number of benzene rings is 2. The molecule has 2 amide bonds. The number of amides is 2. The molecule has 1 heterocycles. The van der Waals surface area contributed by atoms with Crippen LogP contribution in [0, 0.1) is 5.92 Å². The number of carbonyl (C=O) groups is 3. The number of hydrogen-bond acceptors (Lipinski definition) is 4. The normalized spacial score (nSPS) is 17.7. The van der Waals surface area contributed by atoms with Crippen LogP contribution < -0.4 is 5.32 Å². The van der Waals surface area contributed by atoms with Gasteiger partial charge in [0.15, 0.2) is 0 Å². The van der Waals surface area contributed by atoms with E-state index in [4.69, 9.17) is 4.74 Å². The monoisotopic (exact) mass is 478 g/mol. The number of ether oxygens (including phenoxy) is 1. The number of nitrogens with zero attached hydrogens (tertiary/aromatic N) is 1. The Kier molecular flexibility index (Phi) is 7.73. The molecule has 4 rings (SSSR count). The summed E-state index contributed by atoms with van der Waals surface area (Å²) in [4.78, 5) is 39.2. The first kappa shape index (κ1) is 24.8. The van der Waals surface area contributed by atoms with E-state index < -0.39 is 18.1 Å². The Balaban J connectivity index is 1.43. The number of nitrogens with one attached hydrogen (secondary N) is 1. The molecular formula is C28H34N2O5. The van der Waals surface area contributed by atoms with E-state index in [2.05, 4.69) is 31.3 Å². The minimum atomic E-state index is -1.00. The van der Waals surface area contributed by atoms with Crippen LogP contribution in [0.5, 0.6) is 0 Å². The van der Waals surface area contributed by atoms with Gasteiger partial charge in [-0.25, -0.2) is 4.79 Å². The predicted molar refractivity (Wildman–Crippen MR) is 133 cm³/mol. The molecule has 0 spiro atoms. The summed E-state index contributed by atoms with van der Waals surface area (Å²) in [6.45, 7) is 5.02. The number of carboxylic acids is 1. The van der Waals surface area contributed by atoms with Gasteiger partial charge >= 0.3 is 12.1 Å². The second-order valence-corrected chi connectivity index (χ2v) is 9.91. The topological polar surface area (TPSA) is 95.9 Å². The number of fused-ring (bicyclic) bond motifs is 3. The molecule has 2 N–H and O–H groups in total. The van der Waals surface area contributed by atoms with E-state index in [9.17, 15) is 19.5 Å². The summed E-state index contributed by atoms with van der Waals surface area (Å²) in [7, 11) is 0. The Morgan fingerprint density at radius 3 is 2.29 bits per heavy atom. The number of hydrogen-bond donors (Lipinski definition) is 2. The minimum absolute atomic E-state index is 0.0310. The highest BCUT2D eigenvalue weighted by molar-refractivity contribution is 5.87. The Morgan fingerprint density at radius 2 is 1.69 bits per heavy atom. The number of alkyl carbamates (subject to hydrolysis) is 1. The highest BCUT2D eigenvalue weighted by atomic mass is 16.5. The molecular weight excluding hydrogens is 444 g/mol. The zero-order valence-electron chi connectivity index (χ0n) is 20.4. The maximum absolute atomic E-state index is 13.3. The zero-order chi connectivity index (χ0) is 24.9. The number of likely N-dealkylation sites (tertiary alicyclic amines) is 1. The molecule has 186 valence electrons. The summed E-state index contributed by atoms with van der Waals surface area (Å²) in [5, 5.41) is 11.9. The van der Waals surface area contributed by atoms with Crippen molar-refractivity contribution in [2.45, 2.75) is 64.0 Å². The van der Waals surface area contributed by atoms with Crippen LogP contribution in [0.4, 0.5) is 4.79 Å². The van der Waals surface area contributed by atoms with E-state index in [1.807, 2.05) is 41.3 Å².